The van der Waals surface area contributed by atoms with Crippen LogP contribution in [0.3, 0.4) is 0 Å². The van der Waals surface area contributed by atoms with E-state index in [0.29, 0.717) is 6.04 Å². The van der Waals surface area contributed by atoms with Gasteiger partial charge in [-0.15, -0.1) is 0 Å². The molecule has 4 nitrogen and oxygen atoms in total. The van der Waals surface area contributed by atoms with Crippen molar-refractivity contribution in [2.45, 2.75) is 19.5 Å². The maximum atomic E-state index is 4.20. The molecule has 2 aromatic heterocycles. The molecule has 0 aliphatic carbocycles. The zero-order valence-electron chi connectivity index (χ0n) is 9.59. The Morgan fingerprint density at radius 2 is 2.12 bits per heavy atom. The fourth-order valence-electron chi connectivity index (χ4n) is 1.56. The van der Waals surface area contributed by atoms with Crippen LogP contribution in [0.4, 0.5) is 0 Å². The Kier molecular flexibility index (Phi) is 3.31. The van der Waals surface area contributed by atoms with E-state index < -0.39 is 0 Å². The SMILES string of the molecule is CNC(C)c1ccn(Cc2ncccn2)c1. The van der Waals surface area contributed by atoms with Crippen LogP contribution in [0.2, 0.25) is 0 Å². The van der Waals surface area contributed by atoms with Gasteiger partial charge >= 0.3 is 0 Å². The summed E-state index contributed by atoms with van der Waals surface area (Å²) in [4.78, 5) is 8.40. The smallest absolute Gasteiger partial charge is 0.147 e. The first-order chi connectivity index (χ1) is 7.79. The van der Waals surface area contributed by atoms with Crippen molar-refractivity contribution in [2.75, 3.05) is 7.05 Å². The maximum absolute atomic E-state index is 4.20. The highest BCUT2D eigenvalue weighted by atomic mass is 15.0. The van der Waals surface area contributed by atoms with Crippen LogP contribution in [-0.2, 0) is 6.54 Å². The van der Waals surface area contributed by atoms with E-state index in [0.717, 1.165) is 12.4 Å². The predicted molar refractivity (Wildman–Crippen MR) is 63.0 cm³/mol. The van der Waals surface area contributed by atoms with Crippen LogP contribution in [0.25, 0.3) is 0 Å². The standard InChI is InChI=1S/C12H16N4/c1-10(13-2)11-4-7-16(8-11)9-12-14-5-3-6-15-12/h3-8,10,13H,9H2,1-2H3. The van der Waals surface area contributed by atoms with Crippen LogP contribution in [-0.4, -0.2) is 21.6 Å². The fraction of sp³-hybridized carbons (Fsp3) is 0.333. The molecule has 0 aliphatic heterocycles. The van der Waals surface area contributed by atoms with E-state index in [1.807, 2.05) is 13.1 Å². The molecule has 1 atom stereocenters. The van der Waals surface area contributed by atoms with E-state index in [1.165, 1.54) is 5.56 Å². The van der Waals surface area contributed by atoms with Gasteiger partial charge in [0, 0.05) is 30.8 Å². The van der Waals surface area contributed by atoms with Crippen molar-refractivity contribution in [3.05, 3.63) is 48.3 Å². The van der Waals surface area contributed by atoms with Gasteiger partial charge in [0.1, 0.15) is 5.82 Å². The normalized spacial score (nSPS) is 12.6. The number of hydrogen-bond acceptors (Lipinski definition) is 3. The number of hydrogen-bond donors (Lipinski definition) is 1. The van der Waals surface area contributed by atoms with Crippen LogP contribution < -0.4 is 5.32 Å². The van der Waals surface area contributed by atoms with Crippen LogP contribution in [0.15, 0.2) is 36.9 Å². The minimum Gasteiger partial charge on any atom is -0.346 e. The number of nitrogens with one attached hydrogen (secondary N) is 1. The van der Waals surface area contributed by atoms with Gasteiger partial charge in [-0.2, -0.15) is 0 Å². The Morgan fingerprint density at radius 1 is 1.38 bits per heavy atom. The van der Waals surface area contributed by atoms with E-state index in [4.69, 9.17) is 0 Å². The molecule has 0 bridgehead atoms. The monoisotopic (exact) mass is 216 g/mol. The first-order valence-electron chi connectivity index (χ1n) is 5.38. The van der Waals surface area contributed by atoms with Gasteiger partial charge in [0.15, 0.2) is 0 Å². The minimum absolute atomic E-state index is 0.373. The predicted octanol–water partition coefficient (Wildman–Crippen LogP) is 1.61. The van der Waals surface area contributed by atoms with Crippen LogP contribution >= 0.6 is 0 Å². The fourth-order valence-corrected chi connectivity index (χ4v) is 1.56. The molecule has 1 unspecified atom stereocenters. The van der Waals surface area contributed by atoms with E-state index in [-0.39, 0.29) is 0 Å². The molecular formula is C12H16N4. The van der Waals surface area contributed by atoms with Crippen molar-refractivity contribution in [2.24, 2.45) is 0 Å². The van der Waals surface area contributed by atoms with Gasteiger partial charge in [0.05, 0.1) is 6.54 Å². The maximum Gasteiger partial charge on any atom is 0.147 e. The summed E-state index contributed by atoms with van der Waals surface area (Å²) >= 11 is 0. The molecule has 84 valence electrons. The second kappa shape index (κ2) is 4.90. The molecule has 0 spiro atoms. The molecule has 0 fully saturated rings. The van der Waals surface area contributed by atoms with Gasteiger partial charge in [0.2, 0.25) is 0 Å². The molecule has 16 heavy (non-hydrogen) atoms. The van der Waals surface area contributed by atoms with Crippen molar-refractivity contribution in [1.29, 1.82) is 0 Å². The van der Waals surface area contributed by atoms with Gasteiger partial charge in [-0.25, -0.2) is 9.97 Å². The van der Waals surface area contributed by atoms with E-state index >= 15 is 0 Å². The van der Waals surface area contributed by atoms with Gasteiger partial charge in [-0.3, -0.25) is 0 Å². The second-order valence-corrected chi connectivity index (χ2v) is 3.79. The average molecular weight is 216 g/mol. The summed E-state index contributed by atoms with van der Waals surface area (Å²) in [5, 5.41) is 3.21. The summed E-state index contributed by atoms with van der Waals surface area (Å²) in [7, 11) is 1.96. The Morgan fingerprint density at radius 3 is 2.81 bits per heavy atom. The quantitative estimate of drug-likeness (QED) is 0.844. The van der Waals surface area contributed by atoms with Crippen LogP contribution in [0, 0.1) is 0 Å². The number of rotatable bonds is 4. The molecule has 0 amide bonds. The van der Waals surface area contributed by atoms with Crippen molar-refractivity contribution < 1.29 is 0 Å². The molecule has 2 rings (SSSR count). The summed E-state index contributed by atoms with van der Waals surface area (Å²) < 4.78 is 2.10. The van der Waals surface area contributed by atoms with Gasteiger partial charge < -0.3 is 9.88 Å². The third-order valence-electron chi connectivity index (χ3n) is 2.65. The molecule has 0 aliphatic rings. The zero-order valence-corrected chi connectivity index (χ0v) is 9.59. The van der Waals surface area contributed by atoms with Crippen molar-refractivity contribution in [3.8, 4) is 0 Å². The lowest BCUT2D eigenvalue weighted by Gasteiger charge is -2.06. The highest BCUT2D eigenvalue weighted by Gasteiger charge is 2.04. The number of aromatic nitrogens is 3. The summed E-state index contributed by atoms with van der Waals surface area (Å²) in [6, 6.07) is 4.32. The third kappa shape index (κ3) is 2.46. The van der Waals surface area contributed by atoms with Gasteiger partial charge in [0.25, 0.3) is 0 Å². The molecule has 0 radical (unpaired) electrons. The summed E-state index contributed by atoms with van der Waals surface area (Å²) in [6.45, 7) is 2.86. The summed E-state index contributed by atoms with van der Waals surface area (Å²) in [5.74, 6) is 0.835. The van der Waals surface area contributed by atoms with Crippen LogP contribution in [0.1, 0.15) is 24.4 Å². The largest absolute Gasteiger partial charge is 0.346 e. The lowest BCUT2D eigenvalue weighted by Crippen LogP contribution is -2.11. The van der Waals surface area contributed by atoms with Gasteiger partial charge in [-0.1, -0.05) is 0 Å². The van der Waals surface area contributed by atoms with Crippen LogP contribution in [0.5, 0.6) is 0 Å². The van der Waals surface area contributed by atoms with Crippen molar-refractivity contribution in [3.63, 3.8) is 0 Å². The highest BCUT2D eigenvalue weighted by molar-refractivity contribution is 5.15. The zero-order chi connectivity index (χ0) is 11.4. The minimum atomic E-state index is 0.373. The lowest BCUT2D eigenvalue weighted by atomic mass is 10.2. The molecular weight excluding hydrogens is 200 g/mol. The molecule has 0 saturated carbocycles. The van der Waals surface area contributed by atoms with Crippen molar-refractivity contribution >= 4 is 0 Å². The van der Waals surface area contributed by atoms with E-state index in [1.54, 1.807) is 12.4 Å². The van der Waals surface area contributed by atoms with E-state index in [2.05, 4.69) is 45.2 Å². The Hall–Kier alpha value is -1.68. The molecule has 2 heterocycles. The molecule has 2 aromatic rings. The summed E-state index contributed by atoms with van der Waals surface area (Å²) in [6.07, 6.45) is 7.71. The number of nitrogens with zero attached hydrogens (tertiary/aromatic N) is 3. The Bertz CT molecular complexity index is 435. The van der Waals surface area contributed by atoms with Gasteiger partial charge in [-0.05, 0) is 31.7 Å². The summed E-state index contributed by atoms with van der Waals surface area (Å²) in [5.41, 5.74) is 1.28. The first-order valence-corrected chi connectivity index (χ1v) is 5.38. The Balaban J connectivity index is 2.09. The highest BCUT2D eigenvalue weighted by Crippen LogP contribution is 2.12. The van der Waals surface area contributed by atoms with E-state index in [9.17, 15) is 0 Å². The average Bonchev–Trinajstić information content (AvgIpc) is 2.78. The molecule has 4 heteroatoms. The topological polar surface area (TPSA) is 42.7 Å². The second-order valence-electron chi connectivity index (χ2n) is 3.79. The first kappa shape index (κ1) is 10.8. The third-order valence-corrected chi connectivity index (χ3v) is 2.65. The van der Waals surface area contributed by atoms with Crippen molar-refractivity contribution in [1.82, 2.24) is 19.9 Å². The lowest BCUT2D eigenvalue weighted by molar-refractivity contribution is 0.647. The molecule has 1 N–H and O–H groups in total. The molecule has 0 aromatic carbocycles. The molecule has 0 saturated heterocycles. The Labute approximate surface area is 95.4 Å².